The van der Waals surface area contributed by atoms with E-state index in [0.29, 0.717) is 17.1 Å². The summed E-state index contributed by atoms with van der Waals surface area (Å²) in [4.78, 5) is 26.2. The number of fused-ring (bicyclic) bond motifs is 1. The number of carbonyl (C=O) groups excluding carboxylic acids is 2. The van der Waals surface area contributed by atoms with E-state index in [2.05, 4.69) is 5.32 Å². The molecule has 2 aromatic carbocycles. The number of hydrogen-bond donors (Lipinski definition) is 1. The fourth-order valence-corrected chi connectivity index (χ4v) is 3.30. The summed E-state index contributed by atoms with van der Waals surface area (Å²) in [5, 5.41) is 1.89. The van der Waals surface area contributed by atoms with Crippen LogP contribution in [-0.2, 0) is 22.2 Å². The third-order valence-corrected chi connectivity index (χ3v) is 4.94. The third kappa shape index (κ3) is 5.11. The van der Waals surface area contributed by atoms with Crippen LogP contribution >= 0.6 is 11.6 Å². The van der Waals surface area contributed by atoms with Gasteiger partial charge in [0.2, 0.25) is 11.8 Å². The number of ether oxygens (including phenoxy) is 2. The topological polar surface area (TPSA) is 67.9 Å². The van der Waals surface area contributed by atoms with Gasteiger partial charge in [0.05, 0.1) is 31.2 Å². The lowest BCUT2D eigenvalue weighted by atomic mass is 10.0. The summed E-state index contributed by atoms with van der Waals surface area (Å²) in [6.07, 6.45) is -1.55. The van der Waals surface area contributed by atoms with Gasteiger partial charge in [0.25, 0.3) is 0 Å². The average Bonchev–Trinajstić information content (AvgIpc) is 2.85. The van der Waals surface area contributed by atoms with E-state index in [0.717, 1.165) is 17.7 Å². The molecule has 0 bridgehead atoms. The second-order valence-electron chi connectivity index (χ2n) is 6.66. The van der Waals surface area contributed by atoms with Crippen LogP contribution in [0, 0.1) is 0 Å². The minimum atomic E-state index is -4.66. The van der Waals surface area contributed by atoms with E-state index in [9.17, 15) is 22.8 Å². The summed E-state index contributed by atoms with van der Waals surface area (Å²) in [5.41, 5.74) is 0.276. The van der Waals surface area contributed by atoms with Crippen LogP contribution in [0.5, 0.6) is 11.5 Å². The summed E-state index contributed by atoms with van der Waals surface area (Å²) in [5.74, 6) is -0.0522. The highest BCUT2D eigenvalue weighted by molar-refractivity contribution is 6.31. The molecule has 0 saturated heterocycles. The van der Waals surface area contributed by atoms with Gasteiger partial charge in [-0.3, -0.25) is 9.59 Å². The Balaban J connectivity index is 1.75. The van der Waals surface area contributed by atoms with E-state index in [1.807, 2.05) is 0 Å². The fraction of sp³-hybridized carbons (Fsp3) is 0.238. The van der Waals surface area contributed by atoms with Gasteiger partial charge in [0, 0.05) is 11.9 Å². The Morgan fingerprint density at radius 3 is 2.48 bits per heavy atom. The van der Waals surface area contributed by atoms with E-state index in [-0.39, 0.29) is 24.6 Å². The highest BCUT2D eigenvalue weighted by atomic mass is 35.5. The number of methoxy groups -OCH3 is 2. The van der Waals surface area contributed by atoms with E-state index < -0.39 is 22.7 Å². The molecule has 1 aliphatic heterocycles. The number of halogens is 4. The minimum absolute atomic E-state index is 0.00906. The molecule has 0 unspecified atom stereocenters. The normalized spacial score (nSPS) is 13.5. The van der Waals surface area contributed by atoms with Crippen LogP contribution in [0.4, 0.5) is 18.9 Å². The molecule has 1 N–H and O–H groups in total. The van der Waals surface area contributed by atoms with Gasteiger partial charge in [-0.2, -0.15) is 13.2 Å². The van der Waals surface area contributed by atoms with Crippen molar-refractivity contribution in [1.29, 1.82) is 0 Å². The van der Waals surface area contributed by atoms with Crippen LogP contribution in [0.1, 0.15) is 16.7 Å². The van der Waals surface area contributed by atoms with Crippen molar-refractivity contribution >= 4 is 35.2 Å². The zero-order valence-electron chi connectivity index (χ0n) is 16.5. The zero-order chi connectivity index (χ0) is 22.8. The van der Waals surface area contributed by atoms with Crippen LogP contribution in [0.15, 0.2) is 36.5 Å². The zero-order valence-corrected chi connectivity index (χ0v) is 17.3. The molecular weight excluding hydrogens is 437 g/mol. The third-order valence-electron chi connectivity index (χ3n) is 4.61. The number of anilines is 1. The number of carbonyl (C=O) groups is 2. The van der Waals surface area contributed by atoms with Gasteiger partial charge >= 0.3 is 6.18 Å². The van der Waals surface area contributed by atoms with Crippen molar-refractivity contribution in [3.8, 4) is 11.5 Å². The van der Waals surface area contributed by atoms with Crippen molar-refractivity contribution in [3.63, 3.8) is 0 Å². The molecule has 0 aliphatic carbocycles. The Hall–Kier alpha value is -3.20. The molecule has 0 fully saturated rings. The summed E-state index contributed by atoms with van der Waals surface area (Å²) in [6, 6.07) is 6.45. The second-order valence-corrected chi connectivity index (χ2v) is 7.07. The van der Waals surface area contributed by atoms with Crippen molar-refractivity contribution in [3.05, 3.63) is 58.2 Å². The molecule has 2 amide bonds. The van der Waals surface area contributed by atoms with Crippen LogP contribution in [-0.4, -0.2) is 37.5 Å². The number of rotatable bonds is 5. The predicted octanol–water partition coefficient (Wildman–Crippen LogP) is 4.37. The van der Waals surface area contributed by atoms with E-state index in [4.69, 9.17) is 21.1 Å². The molecule has 1 aliphatic rings. The lowest BCUT2D eigenvalue weighted by molar-refractivity contribution is -0.137. The number of hydrogen-bond acceptors (Lipinski definition) is 4. The van der Waals surface area contributed by atoms with Crippen molar-refractivity contribution in [2.45, 2.75) is 12.6 Å². The summed E-state index contributed by atoms with van der Waals surface area (Å²) >= 11 is 5.59. The first kappa shape index (κ1) is 22.5. The number of benzene rings is 2. The number of nitrogens with zero attached hydrogens (tertiary/aromatic N) is 1. The first-order valence-electron chi connectivity index (χ1n) is 9.01. The Morgan fingerprint density at radius 2 is 1.84 bits per heavy atom. The van der Waals surface area contributed by atoms with Crippen molar-refractivity contribution in [1.82, 2.24) is 4.90 Å². The molecule has 2 aromatic rings. The van der Waals surface area contributed by atoms with E-state index >= 15 is 0 Å². The van der Waals surface area contributed by atoms with Gasteiger partial charge in [-0.1, -0.05) is 11.6 Å². The molecule has 6 nitrogen and oxygen atoms in total. The van der Waals surface area contributed by atoms with Gasteiger partial charge in [-0.05, 0) is 47.5 Å². The van der Waals surface area contributed by atoms with Crippen molar-refractivity contribution < 1.29 is 32.2 Å². The van der Waals surface area contributed by atoms with Crippen molar-refractivity contribution in [2.75, 3.05) is 26.1 Å². The fourth-order valence-electron chi connectivity index (χ4n) is 3.08. The van der Waals surface area contributed by atoms with E-state index in [1.165, 1.54) is 31.4 Å². The molecule has 0 radical (unpaired) electrons. The van der Waals surface area contributed by atoms with Gasteiger partial charge in [0.15, 0.2) is 11.5 Å². The monoisotopic (exact) mass is 454 g/mol. The summed E-state index contributed by atoms with van der Waals surface area (Å²) in [6.45, 7) is -0.373. The van der Waals surface area contributed by atoms with Gasteiger partial charge in [-0.15, -0.1) is 0 Å². The van der Waals surface area contributed by atoms with Gasteiger partial charge < -0.3 is 19.7 Å². The van der Waals surface area contributed by atoms with Crippen LogP contribution < -0.4 is 14.8 Å². The van der Waals surface area contributed by atoms with Gasteiger partial charge in [0.1, 0.15) is 6.54 Å². The molecule has 10 heteroatoms. The molecule has 31 heavy (non-hydrogen) atoms. The van der Waals surface area contributed by atoms with Crippen molar-refractivity contribution in [2.24, 2.45) is 0 Å². The average molecular weight is 455 g/mol. The molecule has 0 saturated carbocycles. The first-order chi connectivity index (χ1) is 14.6. The van der Waals surface area contributed by atoms with Crippen LogP contribution in [0.3, 0.4) is 0 Å². The Labute approximate surface area is 181 Å². The smallest absolute Gasteiger partial charge is 0.417 e. The Bertz CT molecular complexity index is 1050. The maximum Gasteiger partial charge on any atom is 0.417 e. The number of alkyl halides is 3. The molecule has 0 atom stereocenters. The largest absolute Gasteiger partial charge is 0.493 e. The lowest BCUT2D eigenvalue weighted by Gasteiger charge is -2.17. The molecule has 0 spiro atoms. The molecular formula is C21H18ClF3N2O4. The molecule has 1 heterocycles. The van der Waals surface area contributed by atoms with E-state index in [1.54, 1.807) is 18.2 Å². The Kier molecular flexibility index (Phi) is 6.45. The standard InChI is InChI=1S/C21H18ClF3N2O4/c1-30-17-7-12-5-6-27(20(29)9-13(12)8-18(17)31-2)11-19(28)26-14-3-4-16(22)15(10-14)21(23,24)25/h3-8,10H,9,11H2,1-2H3,(H,26,28). The van der Waals surface area contributed by atoms with Gasteiger partial charge in [-0.25, -0.2) is 0 Å². The maximum atomic E-state index is 13.0. The van der Waals surface area contributed by atoms with Crippen LogP contribution in [0.25, 0.3) is 6.08 Å². The quantitative estimate of drug-likeness (QED) is 0.728. The SMILES string of the molecule is COc1cc2c(cc1OC)CC(=O)N(CC(=O)Nc1ccc(Cl)c(C(F)(F)F)c1)C=C2. The number of amides is 2. The highest BCUT2D eigenvalue weighted by Gasteiger charge is 2.33. The lowest BCUT2D eigenvalue weighted by Crippen LogP contribution is -2.34. The van der Waals surface area contributed by atoms with Crippen LogP contribution in [0.2, 0.25) is 5.02 Å². The predicted molar refractivity (Wildman–Crippen MR) is 109 cm³/mol. The molecule has 3 rings (SSSR count). The highest BCUT2D eigenvalue weighted by Crippen LogP contribution is 2.36. The summed E-state index contributed by atoms with van der Waals surface area (Å²) < 4.78 is 49.5. The second kappa shape index (κ2) is 8.89. The molecule has 164 valence electrons. The maximum absolute atomic E-state index is 13.0. The number of nitrogens with one attached hydrogen (secondary N) is 1. The summed E-state index contributed by atoms with van der Waals surface area (Å²) in [7, 11) is 2.98. The Morgan fingerprint density at radius 1 is 1.16 bits per heavy atom. The molecule has 0 aromatic heterocycles. The minimum Gasteiger partial charge on any atom is -0.493 e. The first-order valence-corrected chi connectivity index (χ1v) is 9.39.